The highest BCUT2D eigenvalue weighted by molar-refractivity contribution is 7.90. The predicted octanol–water partition coefficient (Wildman–Crippen LogP) is 2.00. The van der Waals surface area contributed by atoms with Crippen LogP contribution in [0, 0.1) is 5.82 Å². The van der Waals surface area contributed by atoms with Crippen molar-refractivity contribution in [1.82, 2.24) is 5.32 Å². The summed E-state index contributed by atoms with van der Waals surface area (Å²) < 4.78 is 41.7. The van der Waals surface area contributed by atoms with Crippen LogP contribution in [0.1, 0.15) is 20.3 Å². The summed E-state index contributed by atoms with van der Waals surface area (Å²) in [5, 5.41) is 3.18. The van der Waals surface area contributed by atoms with E-state index in [-0.39, 0.29) is 16.7 Å². The Hall–Kier alpha value is -1.14. The number of sulfone groups is 1. The smallest absolute Gasteiger partial charge is 0.175 e. The molecule has 0 aliphatic rings. The van der Waals surface area contributed by atoms with Gasteiger partial charge in [-0.25, -0.2) is 12.8 Å². The van der Waals surface area contributed by atoms with Gasteiger partial charge >= 0.3 is 0 Å². The Morgan fingerprint density at radius 1 is 1.37 bits per heavy atom. The van der Waals surface area contributed by atoms with Crippen molar-refractivity contribution in [2.24, 2.45) is 0 Å². The van der Waals surface area contributed by atoms with Crippen molar-refractivity contribution < 1.29 is 17.5 Å². The molecule has 1 N–H and O–H groups in total. The van der Waals surface area contributed by atoms with Gasteiger partial charge in [0, 0.05) is 18.9 Å². The molecule has 0 saturated heterocycles. The maximum atomic E-state index is 13.4. The van der Waals surface area contributed by atoms with E-state index < -0.39 is 15.7 Å². The van der Waals surface area contributed by atoms with Crippen LogP contribution in [0.2, 0.25) is 0 Å². The van der Waals surface area contributed by atoms with Gasteiger partial charge in [0.15, 0.2) is 9.84 Å². The second-order valence-electron chi connectivity index (χ2n) is 4.53. The van der Waals surface area contributed by atoms with E-state index in [1.54, 1.807) is 0 Å². The molecule has 0 spiro atoms. The van der Waals surface area contributed by atoms with Crippen LogP contribution in [0.15, 0.2) is 23.1 Å². The molecule has 19 heavy (non-hydrogen) atoms. The van der Waals surface area contributed by atoms with E-state index in [9.17, 15) is 12.8 Å². The predicted molar refractivity (Wildman–Crippen MR) is 72.8 cm³/mol. The van der Waals surface area contributed by atoms with Crippen molar-refractivity contribution in [3.8, 4) is 5.75 Å². The van der Waals surface area contributed by atoms with Gasteiger partial charge in [0.1, 0.15) is 17.7 Å². The SMILES string of the molecule is CCCNCC(C)Oc1cc(F)cc(S(C)(=O)=O)c1. The minimum Gasteiger partial charge on any atom is -0.489 e. The molecule has 0 radical (unpaired) electrons. The van der Waals surface area contributed by atoms with E-state index in [4.69, 9.17) is 4.74 Å². The highest BCUT2D eigenvalue weighted by atomic mass is 32.2. The molecule has 0 fully saturated rings. The van der Waals surface area contributed by atoms with Crippen molar-refractivity contribution in [2.75, 3.05) is 19.3 Å². The zero-order chi connectivity index (χ0) is 14.5. The summed E-state index contributed by atoms with van der Waals surface area (Å²) >= 11 is 0. The van der Waals surface area contributed by atoms with E-state index in [2.05, 4.69) is 12.2 Å². The van der Waals surface area contributed by atoms with Crippen LogP contribution in [0.4, 0.5) is 4.39 Å². The molecule has 0 aliphatic heterocycles. The third kappa shape index (κ3) is 5.57. The van der Waals surface area contributed by atoms with E-state index >= 15 is 0 Å². The molecule has 0 aliphatic carbocycles. The normalized spacial score (nSPS) is 13.3. The zero-order valence-electron chi connectivity index (χ0n) is 11.4. The van der Waals surface area contributed by atoms with Crippen molar-refractivity contribution in [1.29, 1.82) is 0 Å². The Kier molecular flexibility index (Phi) is 5.75. The Labute approximate surface area is 113 Å². The van der Waals surface area contributed by atoms with E-state index in [0.717, 1.165) is 25.3 Å². The molecule has 1 rings (SSSR count). The summed E-state index contributed by atoms with van der Waals surface area (Å²) in [5.41, 5.74) is 0. The minimum atomic E-state index is -3.44. The lowest BCUT2D eigenvalue weighted by Crippen LogP contribution is -2.29. The van der Waals surface area contributed by atoms with Crippen molar-refractivity contribution in [2.45, 2.75) is 31.3 Å². The number of rotatable bonds is 7. The first-order valence-electron chi connectivity index (χ1n) is 6.21. The molecule has 0 saturated carbocycles. The van der Waals surface area contributed by atoms with Gasteiger partial charge in [-0.1, -0.05) is 6.92 Å². The Balaban J connectivity index is 2.76. The molecule has 0 bridgehead atoms. The number of halogens is 1. The van der Waals surface area contributed by atoms with Gasteiger partial charge in [-0.3, -0.25) is 0 Å². The topological polar surface area (TPSA) is 55.4 Å². The fourth-order valence-corrected chi connectivity index (χ4v) is 2.23. The maximum Gasteiger partial charge on any atom is 0.175 e. The number of benzene rings is 1. The molecule has 1 unspecified atom stereocenters. The second-order valence-corrected chi connectivity index (χ2v) is 6.54. The van der Waals surface area contributed by atoms with E-state index in [1.807, 2.05) is 6.92 Å². The molecule has 4 nitrogen and oxygen atoms in total. The lowest BCUT2D eigenvalue weighted by atomic mass is 10.3. The van der Waals surface area contributed by atoms with Gasteiger partial charge in [0.2, 0.25) is 0 Å². The van der Waals surface area contributed by atoms with Crippen molar-refractivity contribution in [3.05, 3.63) is 24.0 Å². The standard InChI is InChI=1S/C13H20FNO3S/c1-4-5-15-9-10(2)18-12-6-11(14)7-13(8-12)19(3,16)17/h6-8,10,15H,4-5,9H2,1-3H3. The first-order valence-corrected chi connectivity index (χ1v) is 8.10. The number of hydrogen-bond donors (Lipinski definition) is 1. The van der Waals surface area contributed by atoms with Gasteiger partial charge in [0.25, 0.3) is 0 Å². The number of ether oxygens (including phenoxy) is 1. The quantitative estimate of drug-likeness (QED) is 0.780. The lowest BCUT2D eigenvalue weighted by Gasteiger charge is -2.16. The van der Waals surface area contributed by atoms with Crippen LogP contribution >= 0.6 is 0 Å². The fourth-order valence-electron chi connectivity index (χ4n) is 1.58. The lowest BCUT2D eigenvalue weighted by molar-refractivity contribution is 0.216. The van der Waals surface area contributed by atoms with Crippen LogP contribution in [-0.2, 0) is 9.84 Å². The van der Waals surface area contributed by atoms with Gasteiger partial charge in [-0.05, 0) is 32.0 Å². The van der Waals surface area contributed by atoms with E-state index in [0.29, 0.717) is 6.54 Å². The molecule has 0 heterocycles. The van der Waals surface area contributed by atoms with Gasteiger partial charge < -0.3 is 10.1 Å². The monoisotopic (exact) mass is 289 g/mol. The molecule has 6 heteroatoms. The molecule has 108 valence electrons. The minimum absolute atomic E-state index is 0.0729. The van der Waals surface area contributed by atoms with Crippen molar-refractivity contribution >= 4 is 9.84 Å². The van der Waals surface area contributed by atoms with Crippen molar-refractivity contribution in [3.63, 3.8) is 0 Å². The van der Waals surface area contributed by atoms with Crippen LogP contribution in [0.25, 0.3) is 0 Å². The number of hydrogen-bond acceptors (Lipinski definition) is 4. The first-order chi connectivity index (χ1) is 8.82. The van der Waals surface area contributed by atoms with Crippen LogP contribution in [-0.4, -0.2) is 33.9 Å². The molecule has 0 amide bonds. The summed E-state index contributed by atoms with van der Waals surface area (Å²) in [7, 11) is -3.44. The fraction of sp³-hybridized carbons (Fsp3) is 0.538. The van der Waals surface area contributed by atoms with Gasteiger partial charge in [-0.15, -0.1) is 0 Å². The molecule has 1 atom stereocenters. The molecule has 1 aromatic rings. The third-order valence-corrected chi connectivity index (χ3v) is 3.56. The molecular weight excluding hydrogens is 269 g/mol. The Morgan fingerprint density at radius 3 is 2.63 bits per heavy atom. The number of nitrogens with one attached hydrogen (secondary N) is 1. The summed E-state index contributed by atoms with van der Waals surface area (Å²) in [6.07, 6.45) is 1.89. The largest absolute Gasteiger partial charge is 0.489 e. The van der Waals surface area contributed by atoms with Gasteiger partial charge in [0.05, 0.1) is 4.90 Å². The van der Waals surface area contributed by atoms with Gasteiger partial charge in [-0.2, -0.15) is 0 Å². The van der Waals surface area contributed by atoms with Crippen LogP contribution in [0.3, 0.4) is 0 Å². The molecule has 1 aromatic carbocycles. The first kappa shape index (κ1) is 15.9. The Morgan fingerprint density at radius 2 is 2.05 bits per heavy atom. The summed E-state index contributed by atoms with van der Waals surface area (Å²) in [4.78, 5) is -0.0729. The highest BCUT2D eigenvalue weighted by Crippen LogP contribution is 2.21. The molecular formula is C13H20FNO3S. The van der Waals surface area contributed by atoms with E-state index in [1.165, 1.54) is 12.1 Å². The zero-order valence-corrected chi connectivity index (χ0v) is 12.3. The van der Waals surface area contributed by atoms with Crippen LogP contribution in [0.5, 0.6) is 5.75 Å². The maximum absolute atomic E-state index is 13.4. The third-order valence-electron chi connectivity index (χ3n) is 2.47. The van der Waals surface area contributed by atoms with Crippen LogP contribution < -0.4 is 10.1 Å². The molecule has 0 aromatic heterocycles. The summed E-state index contributed by atoms with van der Waals surface area (Å²) in [6.45, 7) is 5.40. The summed E-state index contributed by atoms with van der Waals surface area (Å²) in [5.74, 6) is -0.391. The Bertz CT molecular complexity index is 517. The average Bonchev–Trinajstić information content (AvgIpc) is 2.27. The average molecular weight is 289 g/mol. The summed E-state index contributed by atoms with van der Waals surface area (Å²) in [6, 6.07) is 3.52. The highest BCUT2D eigenvalue weighted by Gasteiger charge is 2.12. The second kappa shape index (κ2) is 6.86.